The summed E-state index contributed by atoms with van der Waals surface area (Å²) in [7, 11) is 6.38. The van der Waals surface area contributed by atoms with E-state index in [1.807, 2.05) is 82.3 Å². The number of ether oxygens (including phenoxy) is 6. The fourth-order valence-corrected chi connectivity index (χ4v) is 5.99. The van der Waals surface area contributed by atoms with Gasteiger partial charge in [0, 0.05) is 52.9 Å². The molecule has 0 saturated heterocycles. The Bertz CT molecular complexity index is 2570. The Kier molecular flexibility index (Phi) is 12.1. The third-order valence-corrected chi connectivity index (χ3v) is 9.53. The van der Waals surface area contributed by atoms with Gasteiger partial charge in [-0.1, -0.05) is 6.07 Å². The molecule has 292 valence electrons. The normalized spacial score (nSPS) is 10.6. The number of urea groups is 1. The van der Waals surface area contributed by atoms with Gasteiger partial charge in [0.25, 0.3) is 0 Å². The lowest BCUT2D eigenvalue weighted by molar-refractivity contribution is 0.262. The zero-order valence-corrected chi connectivity index (χ0v) is 33.0. The summed E-state index contributed by atoms with van der Waals surface area (Å²) in [6.07, 6.45) is 5.01. The number of methoxy groups -OCH3 is 4. The lowest BCUT2D eigenvalue weighted by Gasteiger charge is -2.16. The van der Waals surface area contributed by atoms with Gasteiger partial charge in [-0.25, -0.2) is 9.78 Å². The number of rotatable bonds is 10. The molecule has 0 unspecified atom stereocenters. The summed E-state index contributed by atoms with van der Waals surface area (Å²) in [6, 6.07) is 23.3. The van der Waals surface area contributed by atoms with Crippen molar-refractivity contribution in [1.29, 1.82) is 0 Å². The SMILES string of the molecule is COc1cc2nccc(Oc3ccc(N)c(C)c3C)c2cc1OC.COc1cc2nccc(Oc3ccc(NC(=O)Nc4ccccn4)c(C)c3C)c2cc1OC. The number of pyridine rings is 3. The first-order valence-electron chi connectivity index (χ1n) is 17.9. The molecular formula is C44H44N6O7. The van der Waals surface area contributed by atoms with Crippen LogP contribution < -0.4 is 44.8 Å². The Morgan fingerprint density at radius 3 is 1.53 bits per heavy atom. The number of aromatic nitrogens is 3. The predicted octanol–water partition coefficient (Wildman–Crippen LogP) is 9.94. The third kappa shape index (κ3) is 8.67. The Morgan fingerprint density at radius 1 is 0.509 bits per heavy atom. The number of nitrogen functional groups attached to an aromatic ring is 1. The number of nitrogens with two attached hydrogens (primary N) is 1. The van der Waals surface area contributed by atoms with Gasteiger partial charge in [0.15, 0.2) is 23.0 Å². The molecule has 0 aliphatic rings. The number of carbonyl (C=O) groups excluding carboxylic acids is 1. The average molecular weight is 769 g/mol. The molecule has 0 saturated carbocycles. The van der Waals surface area contributed by atoms with E-state index in [0.29, 0.717) is 51.8 Å². The van der Waals surface area contributed by atoms with Crippen molar-refractivity contribution < 1.29 is 33.2 Å². The Labute approximate surface area is 330 Å². The van der Waals surface area contributed by atoms with E-state index >= 15 is 0 Å². The predicted molar refractivity (Wildman–Crippen MR) is 223 cm³/mol. The molecule has 0 bridgehead atoms. The molecule has 4 N–H and O–H groups in total. The van der Waals surface area contributed by atoms with Gasteiger partial charge in [0.1, 0.15) is 28.8 Å². The molecule has 7 rings (SSSR count). The highest BCUT2D eigenvalue weighted by Gasteiger charge is 2.16. The smallest absolute Gasteiger partial charge is 0.324 e. The highest BCUT2D eigenvalue weighted by atomic mass is 16.5. The van der Waals surface area contributed by atoms with Gasteiger partial charge in [-0.2, -0.15) is 0 Å². The molecule has 13 nitrogen and oxygen atoms in total. The second kappa shape index (κ2) is 17.5. The topological polar surface area (TPSA) is 161 Å². The molecule has 7 aromatic rings. The summed E-state index contributed by atoms with van der Waals surface area (Å²) in [5.41, 5.74) is 12.7. The van der Waals surface area contributed by atoms with Gasteiger partial charge in [-0.05, 0) is 111 Å². The van der Waals surface area contributed by atoms with E-state index in [4.69, 9.17) is 34.2 Å². The van der Waals surface area contributed by atoms with E-state index < -0.39 is 0 Å². The minimum Gasteiger partial charge on any atom is -0.493 e. The molecule has 0 fully saturated rings. The molecule has 57 heavy (non-hydrogen) atoms. The van der Waals surface area contributed by atoms with Crippen LogP contribution in [0.1, 0.15) is 22.3 Å². The second-order valence-electron chi connectivity index (χ2n) is 12.8. The first-order valence-corrected chi connectivity index (χ1v) is 17.9. The number of amides is 2. The van der Waals surface area contributed by atoms with E-state index in [9.17, 15) is 4.79 Å². The van der Waals surface area contributed by atoms with Crippen LogP contribution in [0, 0.1) is 27.7 Å². The average Bonchev–Trinajstić information content (AvgIpc) is 3.23. The van der Waals surface area contributed by atoms with Crippen LogP contribution in [0.3, 0.4) is 0 Å². The van der Waals surface area contributed by atoms with Crippen LogP contribution in [-0.4, -0.2) is 49.4 Å². The van der Waals surface area contributed by atoms with Crippen LogP contribution in [0.2, 0.25) is 0 Å². The quantitative estimate of drug-likeness (QED) is 0.114. The summed E-state index contributed by atoms with van der Waals surface area (Å²) in [6.45, 7) is 7.85. The van der Waals surface area contributed by atoms with Crippen molar-refractivity contribution in [3.63, 3.8) is 0 Å². The minimum absolute atomic E-state index is 0.369. The van der Waals surface area contributed by atoms with Crippen molar-refractivity contribution in [3.05, 3.63) is 120 Å². The number of carbonyl (C=O) groups is 1. The molecule has 0 radical (unpaired) electrons. The first kappa shape index (κ1) is 39.4. The fourth-order valence-electron chi connectivity index (χ4n) is 5.99. The number of fused-ring (bicyclic) bond motifs is 2. The summed E-state index contributed by atoms with van der Waals surface area (Å²) in [5, 5.41) is 7.22. The molecule has 0 aliphatic carbocycles. The maximum atomic E-state index is 12.4. The third-order valence-electron chi connectivity index (χ3n) is 9.53. The molecular weight excluding hydrogens is 725 g/mol. The lowest BCUT2D eigenvalue weighted by atomic mass is 10.1. The standard InChI is InChI=1S/C25H24N4O4.C19H20N2O3/c1-15-16(2)20(9-8-18(15)28-25(30)29-24-7-5-6-11-27-24)33-21-10-12-26-19-14-23(32-4)22(31-3)13-17(19)21;1-11-12(2)16(6-5-14(11)20)24-17-7-8-21-15-10-19(23-4)18(22-3)9-13(15)17/h5-14H,1-4H3,(H2,27,28,29,30);5-10H,20H2,1-4H3. The maximum absolute atomic E-state index is 12.4. The van der Waals surface area contributed by atoms with Crippen molar-refractivity contribution in [3.8, 4) is 46.0 Å². The number of nitrogens with zero attached hydrogens (tertiary/aromatic N) is 3. The van der Waals surface area contributed by atoms with E-state index in [-0.39, 0.29) is 6.03 Å². The number of nitrogens with one attached hydrogen (secondary N) is 2. The highest BCUT2D eigenvalue weighted by molar-refractivity contribution is 6.00. The molecule has 3 aromatic heterocycles. The van der Waals surface area contributed by atoms with Gasteiger partial charge in [-0.3, -0.25) is 15.3 Å². The number of benzene rings is 4. The van der Waals surface area contributed by atoms with Gasteiger partial charge < -0.3 is 39.5 Å². The summed E-state index contributed by atoms with van der Waals surface area (Å²) in [4.78, 5) is 25.3. The van der Waals surface area contributed by atoms with Gasteiger partial charge in [0.05, 0.1) is 39.5 Å². The van der Waals surface area contributed by atoms with E-state index in [0.717, 1.165) is 55.5 Å². The van der Waals surface area contributed by atoms with Crippen LogP contribution in [0.5, 0.6) is 46.0 Å². The zero-order valence-electron chi connectivity index (χ0n) is 33.0. The Morgan fingerprint density at radius 2 is 1.02 bits per heavy atom. The first-order chi connectivity index (χ1) is 27.5. The van der Waals surface area contributed by atoms with Crippen LogP contribution in [0.25, 0.3) is 21.8 Å². The Balaban J connectivity index is 0.000000203. The van der Waals surface area contributed by atoms with E-state index in [1.165, 1.54) is 0 Å². The molecule has 13 heteroatoms. The maximum Gasteiger partial charge on any atom is 0.324 e. The van der Waals surface area contributed by atoms with Gasteiger partial charge >= 0.3 is 6.03 Å². The number of hydrogen-bond acceptors (Lipinski definition) is 11. The number of anilines is 3. The van der Waals surface area contributed by atoms with Crippen LogP contribution in [0.15, 0.2) is 97.5 Å². The van der Waals surface area contributed by atoms with Crippen LogP contribution >= 0.6 is 0 Å². The van der Waals surface area contributed by atoms with Crippen molar-refractivity contribution in [2.45, 2.75) is 27.7 Å². The fraction of sp³-hybridized carbons (Fsp3) is 0.182. The van der Waals surface area contributed by atoms with Crippen LogP contribution in [0.4, 0.5) is 22.0 Å². The zero-order chi connectivity index (χ0) is 40.6. The second-order valence-corrected chi connectivity index (χ2v) is 12.8. The lowest BCUT2D eigenvalue weighted by Crippen LogP contribution is -2.20. The molecule has 0 spiro atoms. The molecule has 4 aromatic carbocycles. The monoisotopic (exact) mass is 768 g/mol. The molecule has 0 aliphatic heterocycles. The van der Waals surface area contributed by atoms with Gasteiger partial charge in [0.2, 0.25) is 0 Å². The highest BCUT2D eigenvalue weighted by Crippen LogP contribution is 2.40. The Hall–Kier alpha value is -7.28. The van der Waals surface area contributed by atoms with E-state index in [2.05, 4.69) is 25.6 Å². The molecule has 2 amide bonds. The number of hydrogen-bond donors (Lipinski definition) is 3. The van der Waals surface area contributed by atoms with Crippen LogP contribution in [-0.2, 0) is 0 Å². The van der Waals surface area contributed by atoms with Crippen molar-refractivity contribution in [2.24, 2.45) is 0 Å². The summed E-state index contributed by atoms with van der Waals surface area (Å²) >= 11 is 0. The molecule has 0 atom stereocenters. The largest absolute Gasteiger partial charge is 0.493 e. The van der Waals surface area contributed by atoms with Crippen molar-refractivity contribution in [2.75, 3.05) is 44.8 Å². The van der Waals surface area contributed by atoms with Gasteiger partial charge in [-0.15, -0.1) is 0 Å². The minimum atomic E-state index is -0.369. The molecule has 3 heterocycles. The van der Waals surface area contributed by atoms with Crippen molar-refractivity contribution >= 4 is 45.0 Å². The van der Waals surface area contributed by atoms with E-state index in [1.54, 1.807) is 71.3 Å². The van der Waals surface area contributed by atoms with Crippen molar-refractivity contribution in [1.82, 2.24) is 15.0 Å². The summed E-state index contributed by atoms with van der Waals surface area (Å²) in [5.74, 6) is 5.71. The summed E-state index contributed by atoms with van der Waals surface area (Å²) < 4.78 is 33.9.